The van der Waals surface area contributed by atoms with E-state index in [1.54, 1.807) is 0 Å². The number of likely N-dealkylation sites (tertiary alicyclic amines) is 1. The molecule has 5 heteroatoms. The van der Waals surface area contributed by atoms with E-state index in [1.165, 1.54) is 32.1 Å². The fourth-order valence-electron chi connectivity index (χ4n) is 4.42. The highest BCUT2D eigenvalue weighted by Crippen LogP contribution is 2.26. The molecule has 3 atom stereocenters. The van der Waals surface area contributed by atoms with E-state index >= 15 is 0 Å². The van der Waals surface area contributed by atoms with Crippen LogP contribution in [0.4, 0.5) is 0 Å². The second kappa shape index (κ2) is 8.45. The first kappa shape index (κ1) is 17.2. The molecule has 0 aromatic heterocycles. The Balaban J connectivity index is 1.49. The zero-order valence-electron chi connectivity index (χ0n) is 14.6. The predicted molar refractivity (Wildman–Crippen MR) is 91.4 cm³/mol. The molecule has 3 rings (SSSR count). The molecular weight excluding hydrogens is 290 g/mol. The lowest BCUT2D eigenvalue weighted by atomic mass is 9.91. The summed E-state index contributed by atoms with van der Waals surface area (Å²) >= 11 is 0. The summed E-state index contributed by atoms with van der Waals surface area (Å²) in [6.45, 7) is 5.71. The van der Waals surface area contributed by atoms with E-state index in [9.17, 15) is 4.79 Å². The minimum atomic E-state index is 0.0187. The number of carbonyl (C=O) groups excluding carboxylic acids is 1. The second-order valence-corrected chi connectivity index (χ2v) is 7.55. The Labute approximate surface area is 140 Å². The van der Waals surface area contributed by atoms with Gasteiger partial charge in [-0.1, -0.05) is 19.3 Å². The van der Waals surface area contributed by atoms with Crippen LogP contribution >= 0.6 is 0 Å². The Bertz CT molecular complexity index is 378. The van der Waals surface area contributed by atoms with Crippen molar-refractivity contribution in [1.82, 2.24) is 15.5 Å². The van der Waals surface area contributed by atoms with Crippen LogP contribution in [0.2, 0.25) is 0 Å². The summed E-state index contributed by atoms with van der Waals surface area (Å²) in [5.74, 6) is 0.350. The van der Waals surface area contributed by atoms with Gasteiger partial charge in [0.2, 0.25) is 5.91 Å². The number of nitrogens with one attached hydrogen (secondary N) is 2. The summed E-state index contributed by atoms with van der Waals surface area (Å²) in [6, 6.07) is 1.28. The third-order valence-corrected chi connectivity index (χ3v) is 5.61. The van der Waals surface area contributed by atoms with Crippen LogP contribution in [0.5, 0.6) is 0 Å². The van der Waals surface area contributed by atoms with Gasteiger partial charge in [-0.05, 0) is 39.0 Å². The fraction of sp³-hybridized carbons (Fsp3) is 0.944. The van der Waals surface area contributed by atoms with Gasteiger partial charge in [0.25, 0.3) is 0 Å². The molecule has 1 aliphatic carbocycles. The molecule has 0 spiro atoms. The van der Waals surface area contributed by atoms with Gasteiger partial charge in [0.1, 0.15) is 0 Å². The molecule has 23 heavy (non-hydrogen) atoms. The van der Waals surface area contributed by atoms with Crippen molar-refractivity contribution in [3.05, 3.63) is 0 Å². The molecule has 0 aromatic carbocycles. The second-order valence-electron chi connectivity index (χ2n) is 7.55. The van der Waals surface area contributed by atoms with Crippen LogP contribution in [0.1, 0.15) is 58.3 Å². The van der Waals surface area contributed by atoms with Crippen LogP contribution in [0.15, 0.2) is 0 Å². The Morgan fingerprint density at radius 3 is 2.83 bits per heavy atom. The van der Waals surface area contributed by atoms with Crippen molar-refractivity contribution in [2.45, 2.75) is 82.5 Å². The van der Waals surface area contributed by atoms with Crippen molar-refractivity contribution in [3.63, 3.8) is 0 Å². The Morgan fingerprint density at radius 1 is 1.26 bits per heavy atom. The molecular formula is C18H33N3O2. The molecule has 5 nitrogen and oxygen atoms in total. The van der Waals surface area contributed by atoms with Crippen LogP contribution in [0.25, 0.3) is 0 Å². The molecule has 1 saturated carbocycles. The zero-order valence-corrected chi connectivity index (χ0v) is 14.6. The molecule has 1 amide bonds. The maximum Gasteiger partial charge on any atom is 0.239 e. The lowest BCUT2D eigenvalue weighted by Gasteiger charge is -2.41. The number of rotatable bonds is 5. The first-order valence-corrected chi connectivity index (χ1v) is 9.61. The lowest BCUT2D eigenvalue weighted by molar-refractivity contribution is -0.139. The van der Waals surface area contributed by atoms with E-state index in [-0.39, 0.29) is 6.04 Å². The van der Waals surface area contributed by atoms with Crippen LogP contribution < -0.4 is 10.6 Å². The van der Waals surface area contributed by atoms with Gasteiger partial charge in [0.05, 0.1) is 19.3 Å². The molecule has 2 saturated heterocycles. The van der Waals surface area contributed by atoms with E-state index in [4.69, 9.17) is 4.74 Å². The minimum absolute atomic E-state index is 0.0187. The third-order valence-electron chi connectivity index (χ3n) is 5.61. The highest BCUT2D eigenvalue weighted by Gasteiger charge is 2.34. The van der Waals surface area contributed by atoms with Crippen LogP contribution in [-0.4, -0.2) is 61.3 Å². The first-order valence-electron chi connectivity index (χ1n) is 9.61. The summed E-state index contributed by atoms with van der Waals surface area (Å²) < 4.78 is 5.53. The molecule has 132 valence electrons. The topological polar surface area (TPSA) is 53.6 Å². The number of piperidine rings is 1. The predicted octanol–water partition coefficient (Wildman–Crippen LogP) is 1.67. The highest BCUT2D eigenvalue weighted by atomic mass is 16.5. The first-order chi connectivity index (χ1) is 11.2. The van der Waals surface area contributed by atoms with Gasteiger partial charge in [-0.3, -0.25) is 4.79 Å². The fourth-order valence-corrected chi connectivity index (χ4v) is 4.42. The van der Waals surface area contributed by atoms with Crippen molar-refractivity contribution in [2.24, 2.45) is 0 Å². The summed E-state index contributed by atoms with van der Waals surface area (Å²) in [5.41, 5.74) is 0. The zero-order chi connectivity index (χ0) is 16.1. The van der Waals surface area contributed by atoms with Crippen LogP contribution in [0, 0.1) is 0 Å². The van der Waals surface area contributed by atoms with Crippen LogP contribution in [-0.2, 0) is 9.53 Å². The average Bonchev–Trinajstić information content (AvgIpc) is 2.58. The van der Waals surface area contributed by atoms with Gasteiger partial charge in [-0.25, -0.2) is 0 Å². The van der Waals surface area contributed by atoms with E-state index in [1.807, 2.05) is 0 Å². The molecule has 0 radical (unpaired) electrons. The quantitative estimate of drug-likeness (QED) is 0.808. The number of carbonyl (C=O) groups is 1. The van der Waals surface area contributed by atoms with Gasteiger partial charge in [0, 0.05) is 31.2 Å². The summed E-state index contributed by atoms with van der Waals surface area (Å²) in [6.07, 6.45) is 9.47. The Morgan fingerprint density at radius 2 is 2.09 bits per heavy atom. The van der Waals surface area contributed by atoms with Crippen molar-refractivity contribution in [2.75, 3.05) is 26.3 Å². The molecule has 0 aromatic rings. The molecule has 2 N–H and O–H groups in total. The lowest BCUT2D eigenvalue weighted by Crippen LogP contribution is -2.56. The smallest absolute Gasteiger partial charge is 0.239 e. The van der Waals surface area contributed by atoms with E-state index in [0.29, 0.717) is 24.0 Å². The number of ether oxygens (including phenoxy) is 1. The standard InChI is InChI=1S/C18H33N3O2/c1-14(12-15-13-23-11-9-19-15)20-17-8-5-10-21(18(17)22)16-6-3-2-4-7-16/h14-17,19-20H,2-13H2,1H3. The van der Waals surface area contributed by atoms with Crippen molar-refractivity contribution in [1.29, 1.82) is 0 Å². The van der Waals surface area contributed by atoms with Gasteiger partial charge in [-0.15, -0.1) is 0 Å². The number of nitrogens with zero attached hydrogens (tertiary/aromatic N) is 1. The molecule has 2 heterocycles. The van der Waals surface area contributed by atoms with Crippen LogP contribution in [0.3, 0.4) is 0 Å². The number of hydrogen-bond acceptors (Lipinski definition) is 4. The number of amides is 1. The third kappa shape index (κ3) is 4.68. The molecule has 3 fully saturated rings. The SMILES string of the molecule is CC(CC1COCCN1)NC1CCCN(C2CCCCC2)C1=O. The Hall–Kier alpha value is -0.650. The highest BCUT2D eigenvalue weighted by molar-refractivity contribution is 5.83. The monoisotopic (exact) mass is 323 g/mol. The van der Waals surface area contributed by atoms with Gasteiger partial charge in [-0.2, -0.15) is 0 Å². The largest absolute Gasteiger partial charge is 0.379 e. The summed E-state index contributed by atoms with van der Waals surface area (Å²) in [4.78, 5) is 15.1. The Kier molecular flexibility index (Phi) is 6.31. The average molecular weight is 323 g/mol. The van der Waals surface area contributed by atoms with E-state index < -0.39 is 0 Å². The van der Waals surface area contributed by atoms with Gasteiger partial charge < -0.3 is 20.3 Å². The number of hydrogen-bond donors (Lipinski definition) is 2. The number of morpholine rings is 1. The maximum atomic E-state index is 12.9. The maximum absolute atomic E-state index is 12.9. The van der Waals surface area contributed by atoms with E-state index in [2.05, 4.69) is 22.5 Å². The van der Waals surface area contributed by atoms with Gasteiger partial charge >= 0.3 is 0 Å². The summed E-state index contributed by atoms with van der Waals surface area (Å²) in [7, 11) is 0. The van der Waals surface area contributed by atoms with Gasteiger partial charge in [0.15, 0.2) is 0 Å². The molecule has 3 aliphatic rings. The molecule has 2 aliphatic heterocycles. The normalized spacial score (nSPS) is 32.0. The van der Waals surface area contributed by atoms with Crippen molar-refractivity contribution < 1.29 is 9.53 Å². The van der Waals surface area contributed by atoms with E-state index in [0.717, 1.165) is 45.6 Å². The molecule has 0 bridgehead atoms. The molecule has 3 unspecified atom stereocenters. The van der Waals surface area contributed by atoms with Crippen molar-refractivity contribution >= 4 is 5.91 Å². The van der Waals surface area contributed by atoms with Crippen molar-refractivity contribution in [3.8, 4) is 0 Å². The summed E-state index contributed by atoms with van der Waals surface area (Å²) in [5, 5.41) is 7.10. The minimum Gasteiger partial charge on any atom is -0.379 e.